The van der Waals surface area contributed by atoms with Gasteiger partial charge in [-0.3, -0.25) is 4.79 Å². The standard InChI is InChI=1S/C18H16N2O3/c1-11(21)20-18(12-5-4-6-13(22)9-12)15-10-23-16-8-3-2-7-14(16)17(15)19-20/h2-9,15,18,22H,10H2,1H3/t15-,18?/m1/s1. The number of benzene rings is 2. The lowest BCUT2D eigenvalue weighted by molar-refractivity contribution is -0.131. The monoisotopic (exact) mass is 308 g/mol. The van der Waals surface area contributed by atoms with Gasteiger partial charge >= 0.3 is 0 Å². The van der Waals surface area contributed by atoms with Crippen LogP contribution >= 0.6 is 0 Å². The number of amides is 1. The van der Waals surface area contributed by atoms with Gasteiger partial charge in [-0.05, 0) is 29.8 Å². The number of hydrazone groups is 1. The molecule has 5 nitrogen and oxygen atoms in total. The number of ether oxygens (including phenoxy) is 1. The fourth-order valence-electron chi connectivity index (χ4n) is 3.33. The van der Waals surface area contributed by atoms with Crippen molar-refractivity contribution in [3.8, 4) is 11.5 Å². The molecule has 5 heteroatoms. The van der Waals surface area contributed by atoms with E-state index in [4.69, 9.17) is 4.74 Å². The third-order valence-electron chi connectivity index (χ3n) is 4.33. The van der Waals surface area contributed by atoms with Gasteiger partial charge in [0.1, 0.15) is 11.5 Å². The number of fused-ring (bicyclic) bond motifs is 3. The lowest BCUT2D eigenvalue weighted by atomic mass is 9.86. The van der Waals surface area contributed by atoms with Gasteiger partial charge in [0, 0.05) is 12.5 Å². The van der Waals surface area contributed by atoms with Crippen LogP contribution in [0.15, 0.2) is 53.6 Å². The topological polar surface area (TPSA) is 62.1 Å². The summed E-state index contributed by atoms with van der Waals surface area (Å²) >= 11 is 0. The van der Waals surface area contributed by atoms with Gasteiger partial charge in [-0.2, -0.15) is 5.10 Å². The average molecular weight is 308 g/mol. The normalized spacial score (nSPS) is 22.0. The van der Waals surface area contributed by atoms with Crippen LogP contribution in [0.1, 0.15) is 24.1 Å². The second kappa shape index (κ2) is 5.12. The van der Waals surface area contributed by atoms with Gasteiger partial charge in [0.15, 0.2) is 0 Å². The van der Waals surface area contributed by atoms with Crippen LogP contribution in [0.2, 0.25) is 0 Å². The van der Waals surface area contributed by atoms with Crippen molar-refractivity contribution < 1.29 is 14.6 Å². The fraction of sp³-hybridized carbons (Fsp3) is 0.222. The molecule has 0 spiro atoms. The molecule has 0 saturated carbocycles. The summed E-state index contributed by atoms with van der Waals surface area (Å²) in [5.41, 5.74) is 2.65. The molecule has 2 heterocycles. The van der Waals surface area contributed by atoms with Crippen LogP contribution in [0.5, 0.6) is 11.5 Å². The van der Waals surface area contributed by atoms with E-state index in [0.29, 0.717) is 6.61 Å². The minimum atomic E-state index is -0.261. The SMILES string of the molecule is CC(=O)N1N=C2c3ccccc3OC[C@H]2C1c1cccc(O)c1. The molecule has 2 aliphatic heterocycles. The summed E-state index contributed by atoms with van der Waals surface area (Å²) in [5.74, 6) is 0.799. The minimum absolute atomic E-state index is 0.0457. The maximum absolute atomic E-state index is 12.1. The number of carbonyl (C=O) groups excluding carboxylic acids is 1. The van der Waals surface area contributed by atoms with Crippen molar-refractivity contribution in [3.63, 3.8) is 0 Å². The van der Waals surface area contributed by atoms with E-state index in [1.165, 1.54) is 11.9 Å². The maximum atomic E-state index is 12.1. The van der Waals surface area contributed by atoms with Crippen LogP contribution in [-0.2, 0) is 4.79 Å². The Balaban J connectivity index is 1.82. The maximum Gasteiger partial charge on any atom is 0.240 e. The van der Waals surface area contributed by atoms with Gasteiger partial charge < -0.3 is 9.84 Å². The zero-order valence-electron chi connectivity index (χ0n) is 12.6. The van der Waals surface area contributed by atoms with Gasteiger partial charge in [-0.15, -0.1) is 0 Å². The van der Waals surface area contributed by atoms with Gasteiger partial charge in [-0.25, -0.2) is 5.01 Å². The van der Waals surface area contributed by atoms with E-state index < -0.39 is 0 Å². The molecule has 2 aromatic rings. The summed E-state index contributed by atoms with van der Waals surface area (Å²) < 4.78 is 5.87. The van der Waals surface area contributed by atoms with Crippen molar-refractivity contribution in [1.82, 2.24) is 5.01 Å². The Morgan fingerprint density at radius 3 is 2.87 bits per heavy atom. The molecule has 2 aliphatic rings. The van der Waals surface area contributed by atoms with Gasteiger partial charge in [0.2, 0.25) is 5.91 Å². The molecule has 1 N–H and O–H groups in total. The Kier molecular flexibility index (Phi) is 3.08. The van der Waals surface area contributed by atoms with Gasteiger partial charge in [0.05, 0.1) is 24.3 Å². The number of aromatic hydroxyl groups is 1. The number of nitrogens with zero attached hydrogens (tertiary/aromatic N) is 2. The summed E-state index contributed by atoms with van der Waals surface area (Å²) in [5, 5.41) is 15.9. The molecule has 0 saturated heterocycles. The number of hydrogen-bond acceptors (Lipinski definition) is 4. The molecule has 2 aromatic carbocycles. The first-order valence-electron chi connectivity index (χ1n) is 7.54. The van der Waals surface area contributed by atoms with Gasteiger partial charge in [0.25, 0.3) is 0 Å². The molecule has 0 fully saturated rings. The number of phenolic OH excluding ortho intramolecular Hbond substituents is 1. The predicted molar refractivity (Wildman–Crippen MR) is 85.3 cm³/mol. The second-order valence-corrected chi connectivity index (χ2v) is 5.80. The number of carbonyl (C=O) groups is 1. The summed E-state index contributed by atoms with van der Waals surface area (Å²) in [7, 11) is 0. The first-order valence-corrected chi connectivity index (χ1v) is 7.54. The third kappa shape index (κ3) is 2.16. The summed E-state index contributed by atoms with van der Waals surface area (Å²) in [6.07, 6.45) is 0. The lowest BCUT2D eigenvalue weighted by Crippen LogP contribution is -2.34. The molecule has 23 heavy (non-hydrogen) atoms. The largest absolute Gasteiger partial charge is 0.508 e. The Hall–Kier alpha value is -2.82. The molecule has 0 bridgehead atoms. The number of phenols is 1. The van der Waals surface area contributed by atoms with E-state index in [0.717, 1.165) is 22.6 Å². The van der Waals surface area contributed by atoms with E-state index >= 15 is 0 Å². The minimum Gasteiger partial charge on any atom is -0.508 e. The highest BCUT2D eigenvalue weighted by molar-refractivity contribution is 6.07. The van der Waals surface area contributed by atoms with Gasteiger partial charge in [-0.1, -0.05) is 24.3 Å². The summed E-state index contributed by atoms with van der Waals surface area (Å²) in [4.78, 5) is 12.1. The summed E-state index contributed by atoms with van der Waals surface area (Å²) in [6, 6.07) is 14.4. The molecular formula is C18H16N2O3. The van der Waals surface area contributed by atoms with Crippen LogP contribution in [0.4, 0.5) is 0 Å². The van der Waals surface area contributed by atoms with Crippen molar-refractivity contribution in [2.45, 2.75) is 13.0 Å². The zero-order chi connectivity index (χ0) is 16.0. The fourth-order valence-corrected chi connectivity index (χ4v) is 3.33. The Bertz CT molecular complexity index is 815. The van der Waals surface area contributed by atoms with Crippen LogP contribution in [0, 0.1) is 5.92 Å². The average Bonchev–Trinajstić information content (AvgIpc) is 2.95. The van der Waals surface area contributed by atoms with Crippen LogP contribution in [0.25, 0.3) is 0 Å². The second-order valence-electron chi connectivity index (χ2n) is 5.80. The smallest absolute Gasteiger partial charge is 0.240 e. The predicted octanol–water partition coefficient (Wildman–Crippen LogP) is 2.71. The molecule has 1 amide bonds. The van der Waals surface area contributed by atoms with Crippen molar-refractivity contribution in [2.24, 2.45) is 11.0 Å². The molecule has 2 atom stereocenters. The summed E-state index contributed by atoms with van der Waals surface area (Å²) in [6.45, 7) is 1.96. The molecule has 0 aliphatic carbocycles. The van der Waals surface area contributed by atoms with E-state index in [1.807, 2.05) is 30.3 Å². The van der Waals surface area contributed by atoms with Crippen molar-refractivity contribution in [3.05, 3.63) is 59.7 Å². The van der Waals surface area contributed by atoms with Crippen molar-refractivity contribution in [2.75, 3.05) is 6.61 Å². The van der Waals surface area contributed by atoms with E-state index in [-0.39, 0.29) is 23.6 Å². The zero-order valence-corrected chi connectivity index (χ0v) is 12.6. The first kappa shape index (κ1) is 13.8. The van der Waals surface area contributed by atoms with E-state index in [2.05, 4.69) is 5.10 Å². The highest BCUT2D eigenvalue weighted by atomic mass is 16.5. The van der Waals surface area contributed by atoms with Crippen LogP contribution < -0.4 is 4.74 Å². The van der Waals surface area contributed by atoms with Crippen molar-refractivity contribution >= 4 is 11.6 Å². The molecule has 1 unspecified atom stereocenters. The molecule has 116 valence electrons. The van der Waals surface area contributed by atoms with E-state index in [9.17, 15) is 9.90 Å². The van der Waals surface area contributed by atoms with Crippen LogP contribution in [0.3, 0.4) is 0 Å². The lowest BCUT2D eigenvalue weighted by Gasteiger charge is -2.29. The highest BCUT2D eigenvalue weighted by Crippen LogP contribution is 2.42. The number of hydrogen-bond donors (Lipinski definition) is 1. The quantitative estimate of drug-likeness (QED) is 0.881. The first-order chi connectivity index (χ1) is 11.1. The number of rotatable bonds is 1. The molecule has 0 radical (unpaired) electrons. The number of para-hydroxylation sites is 1. The Morgan fingerprint density at radius 2 is 2.09 bits per heavy atom. The van der Waals surface area contributed by atoms with Crippen molar-refractivity contribution in [1.29, 1.82) is 0 Å². The van der Waals surface area contributed by atoms with Crippen LogP contribution in [-0.4, -0.2) is 28.3 Å². The Morgan fingerprint density at radius 1 is 1.26 bits per heavy atom. The third-order valence-corrected chi connectivity index (χ3v) is 4.33. The van der Waals surface area contributed by atoms with E-state index in [1.54, 1.807) is 18.2 Å². The highest BCUT2D eigenvalue weighted by Gasteiger charge is 2.44. The molecule has 0 aromatic heterocycles. The Labute approximate surface area is 133 Å². The molecular weight excluding hydrogens is 292 g/mol. The molecule has 4 rings (SSSR count).